The van der Waals surface area contributed by atoms with E-state index in [9.17, 15) is 40.3 Å². The number of hydrogen-bond acceptors (Lipinski definition) is 3. The number of carbonyl (C=O) groups is 2. The Morgan fingerprint density at radius 1 is 0.950 bits per heavy atom. The number of hydrogen-bond donors (Lipinski definition) is 0. The van der Waals surface area contributed by atoms with Crippen LogP contribution in [0.1, 0.15) is 40.2 Å². The molecule has 0 N–H and O–H groups in total. The van der Waals surface area contributed by atoms with E-state index in [1.54, 1.807) is 30.8 Å². The Morgan fingerprint density at radius 3 is 2.02 bits per heavy atom. The molecular formula is C27H31ClF7N3O2. The lowest BCUT2D eigenvalue weighted by Gasteiger charge is -2.40. The van der Waals surface area contributed by atoms with Gasteiger partial charge in [-0.25, -0.2) is 4.39 Å². The number of piperidine rings is 1. The van der Waals surface area contributed by atoms with E-state index in [0.717, 1.165) is 4.90 Å². The van der Waals surface area contributed by atoms with E-state index in [2.05, 4.69) is 0 Å². The van der Waals surface area contributed by atoms with E-state index >= 15 is 0 Å². The van der Waals surface area contributed by atoms with Crippen molar-refractivity contribution in [3.63, 3.8) is 0 Å². The van der Waals surface area contributed by atoms with Crippen LogP contribution in [-0.2, 0) is 28.5 Å². The van der Waals surface area contributed by atoms with Crippen molar-refractivity contribution in [2.45, 2.75) is 38.2 Å². The van der Waals surface area contributed by atoms with E-state index in [1.807, 2.05) is 0 Å². The molecule has 5 nitrogen and oxygen atoms in total. The van der Waals surface area contributed by atoms with Crippen molar-refractivity contribution < 1.29 is 40.3 Å². The Bertz CT molecular complexity index is 1190. The average Bonchev–Trinajstić information content (AvgIpc) is 2.81. The van der Waals surface area contributed by atoms with Crippen molar-refractivity contribution in [3.05, 3.63) is 70.0 Å². The number of likely N-dealkylation sites (N-methyl/N-ethyl adjacent to an activating group) is 1. The van der Waals surface area contributed by atoms with Crippen LogP contribution in [0.25, 0.3) is 0 Å². The van der Waals surface area contributed by atoms with Gasteiger partial charge in [-0.15, -0.1) is 12.4 Å². The third kappa shape index (κ3) is 8.09. The maximum atomic E-state index is 13.8. The van der Waals surface area contributed by atoms with E-state index in [4.69, 9.17) is 0 Å². The Labute approximate surface area is 234 Å². The van der Waals surface area contributed by atoms with Crippen LogP contribution in [0.5, 0.6) is 0 Å². The lowest BCUT2D eigenvalue weighted by atomic mass is 9.78. The molecule has 2 atom stereocenters. The Kier molecular flexibility index (Phi) is 10.6. The number of alkyl halides is 6. The molecule has 1 heterocycles. The van der Waals surface area contributed by atoms with Gasteiger partial charge in [0.15, 0.2) is 0 Å². The number of nitrogens with zero attached hydrogens (tertiary/aromatic N) is 3. The molecule has 2 aromatic carbocycles. The maximum absolute atomic E-state index is 13.8. The summed E-state index contributed by atoms with van der Waals surface area (Å²) in [5.41, 5.74) is -2.03. The van der Waals surface area contributed by atoms with Crippen LogP contribution < -0.4 is 0 Å². The van der Waals surface area contributed by atoms with Gasteiger partial charge in [0, 0.05) is 38.5 Å². The van der Waals surface area contributed by atoms with Crippen molar-refractivity contribution in [1.82, 2.24) is 14.7 Å². The van der Waals surface area contributed by atoms with E-state index in [1.165, 1.54) is 25.2 Å². The Balaban J connectivity index is 0.00000560. The Morgan fingerprint density at radius 2 is 1.52 bits per heavy atom. The van der Waals surface area contributed by atoms with Crippen LogP contribution in [-0.4, -0.2) is 67.3 Å². The van der Waals surface area contributed by atoms with Gasteiger partial charge in [0.25, 0.3) is 0 Å². The number of rotatable bonds is 6. The monoisotopic (exact) mass is 597 g/mol. The van der Waals surface area contributed by atoms with E-state index < -0.39 is 53.6 Å². The lowest BCUT2D eigenvalue weighted by Crippen LogP contribution is -2.49. The van der Waals surface area contributed by atoms with Crippen LogP contribution >= 0.6 is 12.4 Å². The summed E-state index contributed by atoms with van der Waals surface area (Å²) in [7, 11) is 4.79. The number of likely N-dealkylation sites (tertiary alicyclic amines) is 1. The molecule has 222 valence electrons. The first-order valence-corrected chi connectivity index (χ1v) is 12.2. The Hall–Kier alpha value is -2.86. The van der Waals surface area contributed by atoms with Gasteiger partial charge in [-0.1, -0.05) is 6.07 Å². The van der Waals surface area contributed by atoms with Gasteiger partial charge in [0.2, 0.25) is 11.8 Å². The molecule has 0 spiro atoms. The van der Waals surface area contributed by atoms with Gasteiger partial charge >= 0.3 is 12.4 Å². The summed E-state index contributed by atoms with van der Waals surface area (Å²) in [5.74, 6) is -2.40. The van der Waals surface area contributed by atoms with Crippen LogP contribution in [0, 0.1) is 18.7 Å². The van der Waals surface area contributed by atoms with Gasteiger partial charge in [-0.3, -0.25) is 9.59 Å². The summed E-state index contributed by atoms with van der Waals surface area (Å²) in [6.07, 6.45) is -9.79. The van der Waals surface area contributed by atoms with Gasteiger partial charge in [-0.2, -0.15) is 26.3 Å². The second kappa shape index (κ2) is 12.8. The molecule has 0 radical (unpaired) electrons. The van der Waals surface area contributed by atoms with Gasteiger partial charge in [0.05, 0.1) is 17.7 Å². The molecule has 0 saturated carbocycles. The largest absolute Gasteiger partial charge is 0.416 e. The minimum atomic E-state index is -5.00. The zero-order valence-corrected chi connectivity index (χ0v) is 23.2. The van der Waals surface area contributed by atoms with Crippen LogP contribution in [0.4, 0.5) is 30.7 Å². The highest BCUT2D eigenvalue weighted by atomic mass is 35.5. The second-order valence-electron chi connectivity index (χ2n) is 10.2. The van der Waals surface area contributed by atoms with Crippen molar-refractivity contribution in [1.29, 1.82) is 0 Å². The molecule has 0 aromatic heterocycles. The molecular weight excluding hydrogens is 567 g/mol. The molecule has 40 heavy (non-hydrogen) atoms. The topological polar surface area (TPSA) is 43.9 Å². The normalized spacial score (nSPS) is 17.9. The fraction of sp³-hybridized carbons (Fsp3) is 0.481. The van der Waals surface area contributed by atoms with Crippen molar-refractivity contribution in [2.24, 2.45) is 5.92 Å². The molecule has 13 heteroatoms. The number of benzene rings is 2. The fourth-order valence-electron chi connectivity index (χ4n) is 4.96. The van der Waals surface area contributed by atoms with Crippen molar-refractivity contribution >= 4 is 24.2 Å². The number of halogens is 8. The summed E-state index contributed by atoms with van der Waals surface area (Å²) in [5, 5.41) is 0. The average molecular weight is 598 g/mol. The highest BCUT2D eigenvalue weighted by Crippen LogP contribution is 2.38. The first-order valence-electron chi connectivity index (χ1n) is 12.2. The highest BCUT2D eigenvalue weighted by molar-refractivity contribution is 5.85. The molecule has 1 saturated heterocycles. The number of aryl methyl sites for hydroxylation is 1. The lowest BCUT2D eigenvalue weighted by molar-refractivity contribution is -0.143. The first kappa shape index (κ1) is 33.3. The van der Waals surface area contributed by atoms with Crippen LogP contribution in [0.15, 0.2) is 36.4 Å². The van der Waals surface area contributed by atoms with Crippen LogP contribution in [0.2, 0.25) is 0 Å². The maximum Gasteiger partial charge on any atom is 0.416 e. The van der Waals surface area contributed by atoms with E-state index in [-0.39, 0.29) is 56.0 Å². The minimum absolute atomic E-state index is 0. The molecule has 1 fully saturated rings. The second-order valence-corrected chi connectivity index (χ2v) is 10.2. The minimum Gasteiger partial charge on any atom is -0.341 e. The third-order valence-electron chi connectivity index (χ3n) is 6.81. The molecule has 0 aliphatic carbocycles. The predicted molar refractivity (Wildman–Crippen MR) is 137 cm³/mol. The highest BCUT2D eigenvalue weighted by Gasteiger charge is 2.40. The summed E-state index contributed by atoms with van der Waals surface area (Å²) in [6.45, 7) is 1.73. The molecule has 3 rings (SSSR count). The first-order chi connectivity index (χ1) is 18.0. The molecule has 1 aliphatic heterocycles. The summed E-state index contributed by atoms with van der Waals surface area (Å²) >= 11 is 0. The molecule has 2 amide bonds. The molecule has 0 bridgehead atoms. The standard InChI is InChI=1S/C27H30F7N3O2.ClH/c1-16-9-20(28)5-6-21(16)23-14-37(24(38)15-35(2)3)8-7-22(23)25(39)36(4)13-17-10-18(26(29,30)31)12-19(11-17)27(32,33)34;/h5-6,9-12,22-23H,7-8,13-15H2,1-4H3;1H. The molecule has 1 aliphatic rings. The zero-order valence-electron chi connectivity index (χ0n) is 22.4. The van der Waals surface area contributed by atoms with Crippen molar-refractivity contribution in [2.75, 3.05) is 40.8 Å². The van der Waals surface area contributed by atoms with Gasteiger partial charge < -0.3 is 14.7 Å². The smallest absolute Gasteiger partial charge is 0.341 e. The summed E-state index contributed by atoms with van der Waals surface area (Å²) in [4.78, 5) is 30.7. The zero-order chi connectivity index (χ0) is 29.3. The molecule has 2 unspecified atom stereocenters. The van der Waals surface area contributed by atoms with Crippen LogP contribution in [0.3, 0.4) is 0 Å². The van der Waals surface area contributed by atoms with Crippen molar-refractivity contribution in [3.8, 4) is 0 Å². The molecule has 2 aromatic rings. The summed E-state index contributed by atoms with van der Waals surface area (Å²) < 4.78 is 93.6. The fourth-order valence-corrected chi connectivity index (χ4v) is 4.96. The van der Waals surface area contributed by atoms with E-state index in [0.29, 0.717) is 23.3 Å². The van der Waals surface area contributed by atoms with Gasteiger partial charge in [0.1, 0.15) is 5.82 Å². The number of carbonyl (C=O) groups excluding carboxylic acids is 2. The summed E-state index contributed by atoms with van der Waals surface area (Å²) in [6, 6.07) is 5.33. The number of amides is 2. The third-order valence-corrected chi connectivity index (χ3v) is 6.81. The quantitative estimate of drug-likeness (QED) is 0.399. The predicted octanol–water partition coefficient (Wildman–Crippen LogP) is 5.75. The van der Waals surface area contributed by atoms with Gasteiger partial charge in [-0.05, 0) is 74.5 Å². The SMILES string of the molecule is Cc1cc(F)ccc1C1CN(C(=O)CN(C)C)CCC1C(=O)N(C)Cc1cc(C(F)(F)F)cc(C(F)(F)F)c1.Cl.